The van der Waals surface area contributed by atoms with Crippen LogP contribution in [0.3, 0.4) is 0 Å². The van der Waals surface area contributed by atoms with Crippen LogP contribution in [-0.2, 0) is 18.3 Å². The molecule has 3 aromatic heterocycles. The predicted octanol–water partition coefficient (Wildman–Crippen LogP) is 6.12. The molecule has 0 radical (unpaired) electrons. The van der Waals surface area contributed by atoms with Gasteiger partial charge in [0.05, 0.1) is 22.8 Å². The molecule has 0 saturated heterocycles. The fourth-order valence-corrected chi connectivity index (χ4v) is 4.28. The maximum absolute atomic E-state index is 4.63. The second-order valence-electron chi connectivity index (χ2n) is 7.53. The van der Waals surface area contributed by atoms with Crippen LogP contribution < -0.4 is 4.16 Å². The van der Waals surface area contributed by atoms with Gasteiger partial charge in [-0.05, 0) is 72.8 Å². The van der Waals surface area contributed by atoms with Crippen molar-refractivity contribution in [2.75, 3.05) is 0 Å². The zero-order chi connectivity index (χ0) is 21.9. The minimum absolute atomic E-state index is 0.939. The third kappa shape index (κ3) is 5.32. The Balaban J connectivity index is 0.000000230. The molecule has 0 fully saturated rings. The second-order valence-corrected chi connectivity index (χ2v) is 10.5. The quantitative estimate of drug-likeness (QED) is 0.169. The Kier molecular flexibility index (Phi) is 6.15. The van der Waals surface area contributed by atoms with Crippen molar-refractivity contribution >= 4 is 73.1 Å². The van der Waals surface area contributed by atoms with Crippen molar-refractivity contribution in [3.05, 3.63) is 99.1 Å². The number of H-pyrrole nitrogens is 2. The number of fused-ring (bicyclic) bond motifs is 8. The molecule has 8 bridgehead atoms. The molecule has 0 aliphatic carbocycles. The Morgan fingerprint density at radius 3 is 1.19 bits per heavy atom. The third-order valence-corrected chi connectivity index (χ3v) is 6.66. The van der Waals surface area contributed by atoms with Crippen LogP contribution in [0.5, 0.6) is 0 Å². The molecule has 2 N–H and O–H groups in total. The van der Waals surface area contributed by atoms with Gasteiger partial charge in [-0.3, -0.25) is 0 Å². The van der Waals surface area contributed by atoms with Gasteiger partial charge < -0.3 is 9.97 Å². The molecule has 32 heavy (non-hydrogen) atoms. The number of hydrogen-bond acceptors (Lipinski definition) is 2. The molecule has 0 unspecified atom stereocenters. The van der Waals surface area contributed by atoms with E-state index in [0.29, 0.717) is 0 Å². The fraction of sp³-hybridized carbons (Fsp3) is 0. The fourth-order valence-electron chi connectivity index (χ4n) is 3.43. The first kappa shape index (κ1) is 21.0. The van der Waals surface area contributed by atoms with E-state index < -0.39 is 0 Å². The van der Waals surface area contributed by atoms with Gasteiger partial charge in [0.15, 0.2) is 0 Å². The number of aromatic nitrogens is 4. The van der Waals surface area contributed by atoms with Gasteiger partial charge >= 0.3 is 72.9 Å². The number of aromatic amines is 2. The van der Waals surface area contributed by atoms with Crippen LogP contribution in [0.4, 0.5) is 0 Å². The molecule has 2 aliphatic rings. The molecular weight excluding hydrogens is 561 g/mol. The molecule has 6 rings (SSSR count). The normalized spacial score (nSPS) is 11.8. The number of nitrogens with zero attached hydrogens (tertiary/aromatic N) is 2. The SMILES string of the molecule is C1=Cc2cc3ccc(cc4nc(cc5ccc(cc1n2)[nH]5)C=C4)[nH]3.[Zn][c]1ccc(I)cc1. The Bertz CT molecular complexity index is 1300. The van der Waals surface area contributed by atoms with E-state index in [1.54, 1.807) is 0 Å². The number of benzene rings is 1. The van der Waals surface area contributed by atoms with Crippen LogP contribution in [0.1, 0.15) is 22.8 Å². The van der Waals surface area contributed by atoms with E-state index >= 15 is 0 Å². The summed E-state index contributed by atoms with van der Waals surface area (Å²) >= 11 is 3.57. The Morgan fingerprint density at radius 2 is 0.875 bits per heavy atom. The zero-order valence-electron chi connectivity index (χ0n) is 17.2. The van der Waals surface area contributed by atoms with Gasteiger partial charge in [-0.15, -0.1) is 0 Å². The molecule has 0 saturated carbocycles. The van der Waals surface area contributed by atoms with Gasteiger partial charge in [0.1, 0.15) is 0 Å². The molecule has 0 amide bonds. The molecule has 151 valence electrons. The van der Waals surface area contributed by atoms with Crippen LogP contribution in [-0.4, -0.2) is 19.9 Å². The minimum atomic E-state index is 0.939. The van der Waals surface area contributed by atoms with E-state index in [2.05, 4.69) is 91.1 Å². The third-order valence-electron chi connectivity index (χ3n) is 4.96. The molecule has 0 atom stereocenters. The molecule has 6 heteroatoms. The zero-order valence-corrected chi connectivity index (χ0v) is 22.3. The van der Waals surface area contributed by atoms with E-state index in [-0.39, 0.29) is 0 Å². The first-order valence-electron chi connectivity index (χ1n) is 10.2. The monoisotopic (exact) mass is 577 g/mol. The van der Waals surface area contributed by atoms with E-state index in [1.807, 2.05) is 48.6 Å². The number of halogens is 1. The molecular formula is C26H18IN4Zn. The summed E-state index contributed by atoms with van der Waals surface area (Å²) < 4.78 is 2.77. The maximum atomic E-state index is 4.63. The van der Waals surface area contributed by atoms with E-state index in [4.69, 9.17) is 0 Å². The number of nitrogens with one attached hydrogen (secondary N) is 2. The topological polar surface area (TPSA) is 57.4 Å². The van der Waals surface area contributed by atoms with Crippen LogP contribution in [0.25, 0.3) is 46.4 Å². The van der Waals surface area contributed by atoms with E-state index in [9.17, 15) is 0 Å². The summed E-state index contributed by atoms with van der Waals surface area (Å²) in [6.45, 7) is 0. The first-order chi connectivity index (χ1) is 15.6. The first-order valence-corrected chi connectivity index (χ1v) is 12.8. The summed E-state index contributed by atoms with van der Waals surface area (Å²) in [5.41, 5.74) is 7.86. The second kappa shape index (κ2) is 9.35. The van der Waals surface area contributed by atoms with Crippen molar-refractivity contribution in [2.24, 2.45) is 0 Å². The summed E-state index contributed by atoms with van der Waals surface area (Å²) in [6.07, 6.45) is 8.09. The summed E-state index contributed by atoms with van der Waals surface area (Å²) in [5, 5.41) is 0. The number of rotatable bonds is 0. The molecule has 5 heterocycles. The van der Waals surface area contributed by atoms with E-state index in [1.165, 1.54) is 26.0 Å². The van der Waals surface area contributed by atoms with Crippen molar-refractivity contribution in [3.8, 4) is 0 Å². The van der Waals surface area contributed by atoms with Gasteiger partial charge in [0, 0.05) is 22.1 Å². The summed E-state index contributed by atoms with van der Waals surface area (Å²) in [6, 6.07) is 25.0. The summed E-state index contributed by atoms with van der Waals surface area (Å²) in [5.74, 6) is 0. The summed E-state index contributed by atoms with van der Waals surface area (Å²) in [4.78, 5) is 16.0. The standard InChI is InChI=1S/C20H14N4.C6H4I.Zn/c1-2-14-10-16-5-6-18(23-16)12-20-8-7-19(24-20)11-17-4-3-15(22-17)9-13(1)21-14;7-6-4-2-1-3-5-6;/h1-12,21,24H;2-5H;. The molecule has 1 aromatic carbocycles. The van der Waals surface area contributed by atoms with Crippen molar-refractivity contribution in [1.29, 1.82) is 0 Å². The average Bonchev–Trinajstić information content (AvgIpc) is 3.57. The van der Waals surface area contributed by atoms with Crippen molar-refractivity contribution in [3.63, 3.8) is 0 Å². The average molecular weight is 579 g/mol. The van der Waals surface area contributed by atoms with Crippen molar-refractivity contribution < 1.29 is 18.3 Å². The molecule has 0 spiro atoms. The van der Waals surface area contributed by atoms with Gasteiger partial charge in [0.2, 0.25) is 0 Å². The van der Waals surface area contributed by atoms with Crippen molar-refractivity contribution in [1.82, 2.24) is 19.9 Å². The molecule has 4 aromatic rings. The van der Waals surface area contributed by atoms with Gasteiger partial charge in [0.25, 0.3) is 0 Å². The Hall–Kier alpha value is -2.83. The Morgan fingerprint density at radius 1 is 0.531 bits per heavy atom. The number of hydrogen-bond donors (Lipinski definition) is 2. The van der Waals surface area contributed by atoms with E-state index in [0.717, 1.165) is 44.8 Å². The van der Waals surface area contributed by atoms with Crippen LogP contribution in [0, 0.1) is 3.57 Å². The Labute approximate surface area is 209 Å². The molecule has 2 aliphatic heterocycles. The molecule has 4 nitrogen and oxygen atoms in total. The van der Waals surface area contributed by atoms with Crippen molar-refractivity contribution in [2.45, 2.75) is 0 Å². The van der Waals surface area contributed by atoms with Gasteiger partial charge in [-0.1, -0.05) is 0 Å². The van der Waals surface area contributed by atoms with Gasteiger partial charge in [-0.25, -0.2) is 9.97 Å². The van der Waals surface area contributed by atoms with Gasteiger partial charge in [-0.2, -0.15) is 0 Å². The van der Waals surface area contributed by atoms with Crippen LogP contribution in [0.15, 0.2) is 72.8 Å². The summed E-state index contributed by atoms with van der Waals surface area (Å²) in [7, 11) is 0. The predicted molar refractivity (Wildman–Crippen MR) is 138 cm³/mol. The van der Waals surface area contributed by atoms with Crippen LogP contribution in [0.2, 0.25) is 0 Å². The van der Waals surface area contributed by atoms with Crippen LogP contribution >= 0.6 is 22.6 Å².